The van der Waals surface area contributed by atoms with Crippen molar-refractivity contribution < 1.29 is 8.42 Å². The molecular formula is C18H23N5O2S. The van der Waals surface area contributed by atoms with Crippen LogP contribution in [-0.2, 0) is 10.0 Å². The molecule has 26 heavy (non-hydrogen) atoms. The molecule has 0 unspecified atom stereocenters. The predicted octanol–water partition coefficient (Wildman–Crippen LogP) is 2.72. The van der Waals surface area contributed by atoms with Gasteiger partial charge in [0.25, 0.3) is 0 Å². The van der Waals surface area contributed by atoms with Crippen LogP contribution in [0.1, 0.15) is 38.2 Å². The van der Waals surface area contributed by atoms with Crippen molar-refractivity contribution in [3.05, 3.63) is 48.2 Å². The van der Waals surface area contributed by atoms with E-state index in [4.69, 9.17) is 5.73 Å². The van der Waals surface area contributed by atoms with E-state index in [9.17, 15) is 8.42 Å². The lowest BCUT2D eigenvalue weighted by Gasteiger charge is -2.12. The van der Waals surface area contributed by atoms with Crippen molar-refractivity contribution in [2.45, 2.75) is 43.5 Å². The monoisotopic (exact) mass is 373 g/mol. The van der Waals surface area contributed by atoms with Gasteiger partial charge in [-0.05, 0) is 49.6 Å². The van der Waals surface area contributed by atoms with Gasteiger partial charge < -0.3 is 5.73 Å². The predicted molar refractivity (Wildman–Crippen MR) is 104 cm³/mol. The first-order valence-corrected chi connectivity index (χ1v) is 10.1. The number of nitrogens with one attached hydrogen (secondary N) is 2. The molecule has 0 bridgehead atoms. The number of benzene rings is 1. The maximum atomic E-state index is 12.4. The van der Waals surface area contributed by atoms with Gasteiger partial charge in [-0.25, -0.2) is 18.1 Å². The summed E-state index contributed by atoms with van der Waals surface area (Å²) in [5.41, 5.74) is 10.9. The van der Waals surface area contributed by atoms with E-state index in [1.807, 2.05) is 31.2 Å². The van der Waals surface area contributed by atoms with Gasteiger partial charge in [0.1, 0.15) is 10.7 Å². The Bertz CT molecular complexity index is 871. The van der Waals surface area contributed by atoms with Crippen molar-refractivity contribution >= 4 is 27.2 Å². The Morgan fingerprint density at radius 3 is 2.46 bits per heavy atom. The number of nitrogens with zero attached hydrogens (tertiary/aromatic N) is 2. The zero-order valence-electron chi connectivity index (χ0n) is 14.6. The Morgan fingerprint density at radius 2 is 1.85 bits per heavy atom. The van der Waals surface area contributed by atoms with Crippen LogP contribution < -0.4 is 15.9 Å². The van der Waals surface area contributed by atoms with Crippen LogP contribution in [0.25, 0.3) is 0 Å². The Kier molecular flexibility index (Phi) is 5.53. The zero-order valence-corrected chi connectivity index (χ0v) is 15.5. The minimum atomic E-state index is -3.53. The SMILES string of the molecule is C/C(=N\Nc1ccc(S(=O)(=O)NC2CCCC2)cn1)c1ccc(N)cc1. The maximum absolute atomic E-state index is 12.4. The van der Waals surface area contributed by atoms with Crippen LogP contribution in [0.4, 0.5) is 11.5 Å². The van der Waals surface area contributed by atoms with Crippen molar-refractivity contribution in [3.8, 4) is 0 Å². The lowest BCUT2D eigenvalue weighted by molar-refractivity contribution is 0.552. The van der Waals surface area contributed by atoms with E-state index < -0.39 is 10.0 Å². The van der Waals surface area contributed by atoms with Crippen molar-refractivity contribution in [1.82, 2.24) is 9.71 Å². The molecule has 1 saturated carbocycles. The molecule has 0 spiro atoms. The Labute approximate surface area is 153 Å². The minimum absolute atomic E-state index is 0.0324. The van der Waals surface area contributed by atoms with Gasteiger partial charge in [0.15, 0.2) is 0 Å². The van der Waals surface area contributed by atoms with Crippen molar-refractivity contribution in [2.24, 2.45) is 5.10 Å². The molecule has 0 radical (unpaired) electrons. The molecule has 1 fully saturated rings. The smallest absolute Gasteiger partial charge is 0.242 e. The molecule has 8 heteroatoms. The normalized spacial score (nSPS) is 16.0. The first-order chi connectivity index (χ1) is 12.4. The van der Waals surface area contributed by atoms with E-state index in [0.29, 0.717) is 11.5 Å². The van der Waals surface area contributed by atoms with Crippen LogP contribution in [0.2, 0.25) is 0 Å². The lowest BCUT2D eigenvalue weighted by atomic mass is 10.1. The first kappa shape index (κ1) is 18.3. The number of rotatable bonds is 6. The number of nitrogens with two attached hydrogens (primary N) is 1. The third-order valence-corrected chi connectivity index (χ3v) is 5.90. The Hall–Kier alpha value is -2.45. The Morgan fingerprint density at radius 1 is 1.15 bits per heavy atom. The highest BCUT2D eigenvalue weighted by Crippen LogP contribution is 2.20. The standard InChI is InChI=1S/C18H23N5O2S/c1-13(14-6-8-15(19)9-7-14)21-22-18-11-10-17(12-20-18)26(24,25)23-16-4-2-3-5-16/h6-12,16,23H,2-5,19H2,1H3,(H,20,22)/b21-13+. The van der Waals surface area contributed by atoms with E-state index in [0.717, 1.165) is 37.0 Å². The number of sulfonamides is 1. The summed E-state index contributed by atoms with van der Waals surface area (Å²) in [5, 5.41) is 4.27. The summed E-state index contributed by atoms with van der Waals surface area (Å²) in [6, 6.07) is 10.5. The number of hydrogen-bond acceptors (Lipinski definition) is 6. The van der Waals surface area contributed by atoms with Crippen LogP contribution in [0, 0.1) is 0 Å². The van der Waals surface area contributed by atoms with Gasteiger partial charge in [-0.3, -0.25) is 5.43 Å². The fourth-order valence-corrected chi connectivity index (χ4v) is 4.12. The van der Waals surface area contributed by atoms with E-state index in [1.54, 1.807) is 6.07 Å². The molecule has 0 atom stereocenters. The van der Waals surface area contributed by atoms with E-state index in [-0.39, 0.29) is 10.9 Å². The van der Waals surface area contributed by atoms with E-state index in [2.05, 4.69) is 20.2 Å². The molecule has 7 nitrogen and oxygen atoms in total. The highest BCUT2D eigenvalue weighted by molar-refractivity contribution is 7.89. The van der Waals surface area contributed by atoms with Gasteiger partial charge in [0.2, 0.25) is 10.0 Å². The van der Waals surface area contributed by atoms with Gasteiger partial charge in [0.05, 0.1) is 5.71 Å². The summed E-state index contributed by atoms with van der Waals surface area (Å²) in [5.74, 6) is 0.472. The summed E-state index contributed by atoms with van der Waals surface area (Å²) >= 11 is 0. The highest BCUT2D eigenvalue weighted by atomic mass is 32.2. The molecule has 2 aromatic rings. The molecule has 1 aromatic heterocycles. The topological polar surface area (TPSA) is 109 Å². The minimum Gasteiger partial charge on any atom is -0.399 e. The molecule has 138 valence electrons. The average Bonchev–Trinajstić information content (AvgIpc) is 3.13. The second-order valence-corrected chi connectivity index (χ2v) is 8.13. The van der Waals surface area contributed by atoms with E-state index in [1.165, 1.54) is 12.3 Å². The number of hydrogen-bond donors (Lipinski definition) is 3. The molecule has 4 N–H and O–H groups in total. The largest absolute Gasteiger partial charge is 0.399 e. The first-order valence-electron chi connectivity index (χ1n) is 8.59. The molecule has 1 aliphatic carbocycles. The van der Waals surface area contributed by atoms with Gasteiger partial charge in [-0.15, -0.1) is 0 Å². The second-order valence-electron chi connectivity index (χ2n) is 6.41. The summed E-state index contributed by atoms with van der Waals surface area (Å²) in [6.45, 7) is 1.86. The average molecular weight is 373 g/mol. The van der Waals surface area contributed by atoms with Gasteiger partial charge in [-0.1, -0.05) is 25.0 Å². The van der Waals surface area contributed by atoms with Crippen LogP contribution in [-0.4, -0.2) is 25.2 Å². The number of nitrogen functional groups attached to an aromatic ring is 1. The third-order valence-electron chi connectivity index (χ3n) is 4.39. The van der Waals surface area contributed by atoms with Gasteiger partial charge >= 0.3 is 0 Å². The van der Waals surface area contributed by atoms with Crippen molar-refractivity contribution in [2.75, 3.05) is 11.2 Å². The van der Waals surface area contributed by atoms with Crippen molar-refractivity contribution in [3.63, 3.8) is 0 Å². The fraction of sp³-hybridized carbons (Fsp3) is 0.333. The fourth-order valence-electron chi connectivity index (χ4n) is 2.87. The van der Waals surface area contributed by atoms with Crippen LogP contribution in [0.15, 0.2) is 52.6 Å². The highest BCUT2D eigenvalue weighted by Gasteiger charge is 2.23. The molecule has 1 heterocycles. The second kappa shape index (κ2) is 7.84. The lowest BCUT2D eigenvalue weighted by Crippen LogP contribution is -2.32. The molecule has 0 amide bonds. The van der Waals surface area contributed by atoms with Crippen LogP contribution >= 0.6 is 0 Å². The van der Waals surface area contributed by atoms with Gasteiger partial charge in [-0.2, -0.15) is 5.10 Å². The quantitative estimate of drug-likeness (QED) is 0.410. The summed E-state index contributed by atoms with van der Waals surface area (Å²) in [6.07, 6.45) is 5.27. The third kappa shape index (κ3) is 4.59. The number of anilines is 2. The summed E-state index contributed by atoms with van der Waals surface area (Å²) in [4.78, 5) is 4.30. The van der Waals surface area contributed by atoms with Crippen molar-refractivity contribution in [1.29, 1.82) is 0 Å². The molecule has 1 aliphatic rings. The number of aromatic nitrogens is 1. The molecule has 0 aliphatic heterocycles. The maximum Gasteiger partial charge on any atom is 0.242 e. The van der Waals surface area contributed by atoms with Gasteiger partial charge in [0, 0.05) is 17.9 Å². The van der Waals surface area contributed by atoms with E-state index >= 15 is 0 Å². The summed E-state index contributed by atoms with van der Waals surface area (Å²) < 4.78 is 27.5. The number of hydrazone groups is 1. The van der Waals surface area contributed by atoms with Crippen LogP contribution in [0.3, 0.4) is 0 Å². The zero-order chi connectivity index (χ0) is 18.6. The molecule has 1 aromatic carbocycles. The summed E-state index contributed by atoms with van der Waals surface area (Å²) in [7, 11) is -3.53. The molecule has 3 rings (SSSR count). The molecular weight excluding hydrogens is 350 g/mol. The molecule has 0 saturated heterocycles. The van der Waals surface area contributed by atoms with Crippen LogP contribution in [0.5, 0.6) is 0 Å². The Balaban J connectivity index is 1.65. The number of pyridine rings is 1.